The van der Waals surface area contributed by atoms with Crippen LogP contribution in [0.3, 0.4) is 0 Å². The predicted octanol–water partition coefficient (Wildman–Crippen LogP) is 2.85. The van der Waals surface area contributed by atoms with Crippen molar-refractivity contribution in [1.82, 2.24) is 0 Å². The molecule has 426 valence electrons. The number of ketones is 2. The zero-order chi connectivity index (χ0) is 54.9. The molecule has 6 heterocycles. The van der Waals surface area contributed by atoms with Gasteiger partial charge in [0.05, 0.1) is 90.5 Å². The molecule has 77 heavy (non-hydrogen) atoms. The molecule has 2 aromatic carbocycles. The van der Waals surface area contributed by atoms with Gasteiger partial charge in [-0.1, -0.05) is 6.07 Å². The van der Waals surface area contributed by atoms with Gasteiger partial charge in [0, 0.05) is 61.7 Å². The molecule has 6 aliphatic heterocycles. The Kier molecular flexibility index (Phi) is 16.9. The first-order valence-electron chi connectivity index (χ1n) is 27.1. The molecule has 2 aliphatic carbocycles. The van der Waals surface area contributed by atoms with Crippen LogP contribution in [-0.4, -0.2) is 194 Å². The molecule has 8 aliphatic rings. The van der Waals surface area contributed by atoms with E-state index in [-0.39, 0.29) is 71.4 Å². The van der Waals surface area contributed by atoms with E-state index in [1.165, 1.54) is 18.2 Å². The molecule has 8 N–H and O–H groups in total. The lowest BCUT2D eigenvalue weighted by atomic mass is 9.72. The number of aromatic hydroxyl groups is 2. The summed E-state index contributed by atoms with van der Waals surface area (Å²) < 4.78 is 74.1. The lowest BCUT2D eigenvalue weighted by molar-refractivity contribution is -0.340. The Morgan fingerprint density at radius 2 is 1.00 bits per heavy atom. The molecule has 0 bridgehead atoms. The van der Waals surface area contributed by atoms with E-state index in [2.05, 4.69) is 0 Å². The number of phenolic OH excluding ortho intramolecular Hbond substituents is 2. The minimum absolute atomic E-state index is 0.0260. The van der Waals surface area contributed by atoms with Gasteiger partial charge in [0.15, 0.2) is 43.0 Å². The Labute approximate surface area is 445 Å². The molecule has 0 aromatic heterocycles. The zero-order valence-electron chi connectivity index (χ0n) is 44.2. The SMILES string of the molecule is Cc1cc(O)c2c(c1)C[C@@H](O)C1=C2C(=O)c2c(O)ccc(O[C@H]3C[C@@H](O)[C@H](O[C@H]4C[C@@H](O[C@H]5CC[C@H](O[C@H]6C[C@@H](O)[C@H](O[C@H]7C[C@@H](O[C@H]8CC[C@H](O)C(C)O8)[C@H](O)C(C)O7)C(C)O6)C(C)O5)[C@H](O)C(C)O4)C(C)O3)c2C1=O. The van der Waals surface area contributed by atoms with Gasteiger partial charge in [-0.15, -0.1) is 0 Å². The average Bonchev–Trinajstić information content (AvgIpc) is 3.41. The van der Waals surface area contributed by atoms with Gasteiger partial charge < -0.3 is 97.7 Å². The van der Waals surface area contributed by atoms with E-state index < -0.39 is 159 Å². The Morgan fingerprint density at radius 1 is 0.481 bits per heavy atom. The van der Waals surface area contributed by atoms with E-state index in [1.54, 1.807) is 47.6 Å². The molecule has 22 heteroatoms. The Morgan fingerprint density at radius 3 is 1.58 bits per heavy atom. The zero-order valence-corrected chi connectivity index (χ0v) is 44.2. The number of hydrogen-bond acceptors (Lipinski definition) is 22. The quantitative estimate of drug-likeness (QED) is 0.152. The summed E-state index contributed by atoms with van der Waals surface area (Å²) >= 11 is 0. The van der Waals surface area contributed by atoms with Crippen LogP contribution in [0.25, 0.3) is 5.57 Å². The van der Waals surface area contributed by atoms with Gasteiger partial charge in [0.2, 0.25) is 6.29 Å². The van der Waals surface area contributed by atoms with E-state index in [9.17, 15) is 50.4 Å². The number of rotatable bonds is 12. The summed E-state index contributed by atoms with van der Waals surface area (Å²) in [4.78, 5) is 28.4. The first-order chi connectivity index (χ1) is 36.6. The number of aliphatic hydroxyl groups excluding tert-OH is 6. The fraction of sp³-hybridized carbons (Fsp3) is 0.709. The molecule has 23 atom stereocenters. The number of aryl methyl sites for hydroxylation is 1. The van der Waals surface area contributed by atoms with Crippen LogP contribution in [0.5, 0.6) is 17.2 Å². The van der Waals surface area contributed by atoms with Crippen molar-refractivity contribution >= 4 is 17.1 Å². The van der Waals surface area contributed by atoms with Gasteiger partial charge in [-0.05, 0) is 90.6 Å². The minimum atomic E-state index is -1.38. The van der Waals surface area contributed by atoms with Gasteiger partial charge in [0.1, 0.15) is 41.7 Å². The summed E-state index contributed by atoms with van der Waals surface area (Å²) in [7, 11) is 0. The molecular formula is C55H74O22. The third-order valence-electron chi connectivity index (χ3n) is 16.3. The lowest BCUT2D eigenvalue weighted by Gasteiger charge is -2.45. The molecule has 6 unspecified atom stereocenters. The van der Waals surface area contributed by atoms with Crippen LogP contribution in [0.4, 0.5) is 0 Å². The number of aliphatic hydroxyl groups is 6. The summed E-state index contributed by atoms with van der Waals surface area (Å²) in [5.74, 6) is -2.36. The summed E-state index contributed by atoms with van der Waals surface area (Å²) in [6.45, 7) is 12.2. The van der Waals surface area contributed by atoms with Gasteiger partial charge in [-0.2, -0.15) is 0 Å². The smallest absolute Gasteiger partial charge is 0.202 e. The minimum Gasteiger partial charge on any atom is -0.507 e. The first-order valence-corrected chi connectivity index (χ1v) is 27.1. The largest absolute Gasteiger partial charge is 0.507 e. The molecule has 2 aromatic rings. The average molecular weight is 1090 g/mol. The molecule has 0 radical (unpaired) electrons. The fourth-order valence-corrected chi connectivity index (χ4v) is 12.2. The number of hydrogen-bond donors (Lipinski definition) is 8. The molecule has 22 nitrogen and oxygen atoms in total. The van der Waals surface area contributed by atoms with E-state index in [4.69, 9.17) is 56.8 Å². The number of Topliss-reactive ketones (excluding diaryl/α,β-unsaturated/α-hetero) is 2. The van der Waals surface area contributed by atoms with Gasteiger partial charge in [0.25, 0.3) is 0 Å². The number of phenols is 2. The molecule has 10 rings (SSSR count). The second kappa shape index (κ2) is 23.0. The van der Waals surface area contributed by atoms with Crippen LogP contribution in [0.1, 0.15) is 130 Å². The fourth-order valence-electron chi connectivity index (χ4n) is 12.2. The molecule has 0 amide bonds. The monoisotopic (exact) mass is 1090 g/mol. The second-order valence-corrected chi connectivity index (χ2v) is 22.1. The summed E-state index contributed by atoms with van der Waals surface area (Å²) in [6.07, 6.45) is -16.2. The third-order valence-corrected chi connectivity index (χ3v) is 16.3. The maximum absolute atomic E-state index is 14.2. The summed E-state index contributed by atoms with van der Waals surface area (Å²) in [5, 5.41) is 88.0. The number of allylic oxidation sites excluding steroid dienone is 1. The number of ether oxygens (including phenoxy) is 12. The van der Waals surface area contributed by atoms with Crippen LogP contribution in [0.2, 0.25) is 0 Å². The van der Waals surface area contributed by atoms with Crippen LogP contribution in [-0.2, 0) is 58.5 Å². The van der Waals surface area contributed by atoms with Gasteiger partial charge in [-0.25, -0.2) is 0 Å². The Balaban J connectivity index is 0.699. The molecule has 0 spiro atoms. The summed E-state index contributed by atoms with van der Waals surface area (Å²) in [6, 6.07) is 5.70. The van der Waals surface area contributed by atoms with E-state index in [0.29, 0.717) is 36.8 Å². The maximum atomic E-state index is 14.2. The van der Waals surface area contributed by atoms with Gasteiger partial charge in [-0.3, -0.25) is 9.59 Å². The first kappa shape index (κ1) is 56.5. The summed E-state index contributed by atoms with van der Waals surface area (Å²) in [5.41, 5.74) is 0.302. The number of carbonyl (C=O) groups excluding carboxylic acids is 2. The Hall–Kier alpha value is -3.76. The maximum Gasteiger partial charge on any atom is 0.202 e. The highest BCUT2D eigenvalue weighted by atomic mass is 16.8. The highest BCUT2D eigenvalue weighted by molar-refractivity contribution is 6.42. The second-order valence-electron chi connectivity index (χ2n) is 22.1. The highest BCUT2D eigenvalue weighted by Crippen LogP contribution is 2.48. The molecular weight excluding hydrogens is 1010 g/mol. The Bertz CT molecular complexity index is 2480. The molecule has 0 saturated carbocycles. The van der Waals surface area contributed by atoms with Crippen molar-refractivity contribution in [2.24, 2.45) is 0 Å². The standard InChI is InChI=1S/C55H74O22/c1-21-14-28-16-32(59)47-49(45(28)31(58)15-21)53(65)46-30(57)8-10-36(48(46)52(47)64)73-42-18-34(61)55(27(7)71-42)77-44-20-38(51(63)25(5)69-44)75-40-13-11-35(23(3)67-40)72-41-17-33(60)54(26(6)70-41)76-43-19-37(50(62)24(4)68-43)74-39-12-9-29(56)22(2)66-39/h8,10,14-15,22-27,29,32-35,37-44,50-51,54-63H,9,11-13,16-20H2,1-7H3/t22?,23?,24?,25?,26?,27?,29-,32+,33+,34+,35-,37+,38+,39-,40-,41-,42-,43-,44-,50+,51+,54+,55+/m0/s1. The van der Waals surface area contributed by atoms with E-state index in [1.807, 2.05) is 6.92 Å². The topological polar surface area (TPSA) is 307 Å². The van der Waals surface area contributed by atoms with Crippen molar-refractivity contribution in [3.05, 3.63) is 57.7 Å². The van der Waals surface area contributed by atoms with E-state index in [0.717, 1.165) is 0 Å². The van der Waals surface area contributed by atoms with Crippen LogP contribution >= 0.6 is 0 Å². The normalized spacial score (nSPS) is 42.6. The number of fused-ring (bicyclic) bond motifs is 3. The van der Waals surface area contributed by atoms with Crippen molar-refractivity contribution in [2.45, 2.75) is 248 Å². The van der Waals surface area contributed by atoms with Crippen molar-refractivity contribution in [2.75, 3.05) is 0 Å². The van der Waals surface area contributed by atoms with Crippen molar-refractivity contribution < 1.29 is 107 Å². The lowest BCUT2D eigenvalue weighted by Crippen LogP contribution is -2.56. The van der Waals surface area contributed by atoms with Crippen LogP contribution < -0.4 is 4.74 Å². The van der Waals surface area contributed by atoms with Crippen molar-refractivity contribution in [1.29, 1.82) is 0 Å². The number of benzene rings is 2. The number of carbonyl (C=O) groups is 2. The van der Waals surface area contributed by atoms with E-state index >= 15 is 0 Å². The van der Waals surface area contributed by atoms with Crippen molar-refractivity contribution in [3.8, 4) is 17.2 Å². The van der Waals surface area contributed by atoms with Gasteiger partial charge >= 0.3 is 0 Å². The van der Waals surface area contributed by atoms with Crippen LogP contribution in [0.15, 0.2) is 29.8 Å². The van der Waals surface area contributed by atoms with Crippen LogP contribution in [0, 0.1) is 6.92 Å². The third kappa shape index (κ3) is 11.6. The molecule has 6 saturated heterocycles. The predicted molar refractivity (Wildman–Crippen MR) is 264 cm³/mol. The highest BCUT2D eigenvalue weighted by Gasteiger charge is 2.49. The van der Waals surface area contributed by atoms with Crippen molar-refractivity contribution in [3.63, 3.8) is 0 Å². The molecule has 6 fully saturated rings.